The average Bonchev–Trinajstić information content (AvgIpc) is 2.41. The van der Waals surface area contributed by atoms with Gasteiger partial charge in [0.1, 0.15) is 0 Å². The Morgan fingerprint density at radius 2 is 1.72 bits per heavy atom. The largest absolute Gasteiger partial charge is 0.396 e. The van der Waals surface area contributed by atoms with Gasteiger partial charge in [0.2, 0.25) is 0 Å². The normalized spacial score (nSPS) is 10.4. The maximum atomic E-state index is 9.10. The summed E-state index contributed by atoms with van der Waals surface area (Å²) in [6, 6.07) is 7.76. The molecule has 1 aromatic rings. The number of aliphatic hydroxyl groups is 3. The first-order chi connectivity index (χ1) is 8.83. The van der Waals surface area contributed by atoms with Gasteiger partial charge < -0.3 is 25.5 Å². The fourth-order valence-electron chi connectivity index (χ4n) is 1.82. The molecule has 18 heavy (non-hydrogen) atoms. The fourth-order valence-corrected chi connectivity index (χ4v) is 1.82. The number of hydrogen-bond donors (Lipinski definition) is 4. The molecular formula is C13H22N2O3. The Balaban J connectivity index is 2.80. The zero-order valence-electron chi connectivity index (χ0n) is 10.5. The number of benzene rings is 1. The van der Waals surface area contributed by atoms with Crippen molar-refractivity contribution in [2.45, 2.75) is 6.42 Å². The number of nitrogens with zero attached hydrogens (tertiary/aromatic N) is 1. The highest BCUT2D eigenvalue weighted by Crippen LogP contribution is 2.25. The molecule has 0 saturated carbocycles. The molecule has 0 heterocycles. The second-order valence-corrected chi connectivity index (χ2v) is 3.96. The van der Waals surface area contributed by atoms with Gasteiger partial charge in [0, 0.05) is 26.2 Å². The van der Waals surface area contributed by atoms with E-state index in [0.29, 0.717) is 26.1 Å². The van der Waals surface area contributed by atoms with Crippen LogP contribution >= 0.6 is 0 Å². The van der Waals surface area contributed by atoms with Crippen LogP contribution in [0.3, 0.4) is 0 Å². The lowest BCUT2D eigenvalue weighted by molar-refractivity contribution is 0.281. The van der Waals surface area contributed by atoms with Gasteiger partial charge in [0.15, 0.2) is 0 Å². The molecule has 1 aromatic carbocycles. The number of hydrogen-bond acceptors (Lipinski definition) is 5. The van der Waals surface area contributed by atoms with E-state index in [1.807, 2.05) is 29.2 Å². The van der Waals surface area contributed by atoms with Gasteiger partial charge in [-0.1, -0.05) is 12.1 Å². The minimum Gasteiger partial charge on any atom is -0.396 e. The topological polar surface area (TPSA) is 76.0 Å². The summed E-state index contributed by atoms with van der Waals surface area (Å²) in [7, 11) is 0. The molecule has 5 nitrogen and oxygen atoms in total. The summed E-state index contributed by atoms with van der Waals surface area (Å²) in [6.45, 7) is 1.98. The van der Waals surface area contributed by atoms with Crippen LogP contribution in [0.1, 0.15) is 6.42 Å². The summed E-state index contributed by atoms with van der Waals surface area (Å²) in [4.78, 5) is 2.02. The minimum absolute atomic E-state index is 0.0692. The van der Waals surface area contributed by atoms with Crippen LogP contribution in [0.2, 0.25) is 0 Å². The molecule has 102 valence electrons. The van der Waals surface area contributed by atoms with Crippen molar-refractivity contribution < 1.29 is 15.3 Å². The molecule has 0 radical (unpaired) electrons. The number of rotatable bonds is 9. The number of para-hydroxylation sites is 2. The smallest absolute Gasteiger partial charge is 0.0606 e. The number of anilines is 2. The fraction of sp³-hybridized carbons (Fsp3) is 0.538. The first-order valence-electron chi connectivity index (χ1n) is 6.24. The van der Waals surface area contributed by atoms with Gasteiger partial charge in [-0.05, 0) is 18.6 Å². The number of nitrogens with one attached hydrogen (secondary N) is 1. The van der Waals surface area contributed by atoms with Crippen LogP contribution in [0.15, 0.2) is 24.3 Å². The quantitative estimate of drug-likeness (QED) is 0.509. The minimum atomic E-state index is 0.0692. The van der Waals surface area contributed by atoms with E-state index in [1.165, 1.54) is 0 Å². The maximum Gasteiger partial charge on any atom is 0.0606 e. The van der Waals surface area contributed by atoms with E-state index < -0.39 is 0 Å². The Labute approximate surface area is 108 Å². The molecule has 0 saturated heterocycles. The van der Waals surface area contributed by atoms with E-state index in [0.717, 1.165) is 11.4 Å². The van der Waals surface area contributed by atoms with Crippen LogP contribution < -0.4 is 10.2 Å². The lowest BCUT2D eigenvalue weighted by Gasteiger charge is -2.26. The zero-order chi connectivity index (χ0) is 13.2. The highest BCUT2D eigenvalue weighted by atomic mass is 16.3. The van der Waals surface area contributed by atoms with Crippen LogP contribution in [0.25, 0.3) is 0 Å². The van der Waals surface area contributed by atoms with Gasteiger partial charge in [-0.25, -0.2) is 0 Å². The highest BCUT2D eigenvalue weighted by molar-refractivity contribution is 5.70. The van der Waals surface area contributed by atoms with Crippen LogP contribution in [0, 0.1) is 0 Å². The second kappa shape index (κ2) is 8.74. The monoisotopic (exact) mass is 254 g/mol. The van der Waals surface area contributed by atoms with Crippen molar-refractivity contribution in [2.75, 3.05) is 49.7 Å². The van der Waals surface area contributed by atoms with Crippen molar-refractivity contribution in [1.29, 1.82) is 0 Å². The molecule has 1 rings (SSSR count). The second-order valence-electron chi connectivity index (χ2n) is 3.96. The Morgan fingerprint density at radius 3 is 2.39 bits per heavy atom. The van der Waals surface area contributed by atoms with Gasteiger partial charge >= 0.3 is 0 Å². The molecule has 0 aromatic heterocycles. The van der Waals surface area contributed by atoms with Crippen LogP contribution in [-0.2, 0) is 0 Å². The Hall–Kier alpha value is -1.30. The molecule has 0 aliphatic rings. The summed E-state index contributed by atoms with van der Waals surface area (Å²) in [5, 5.41) is 30.0. The third-order valence-electron chi connectivity index (χ3n) is 2.63. The van der Waals surface area contributed by atoms with Crippen LogP contribution in [0.5, 0.6) is 0 Å². The molecule has 0 fully saturated rings. The Bertz CT molecular complexity index is 334. The van der Waals surface area contributed by atoms with Gasteiger partial charge in [-0.2, -0.15) is 0 Å². The van der Waals surface area contributed by atoms with Crippen LogP contribution in [0.4, 0.5) is 11.4 Å². The predicted octanol–water partition coefficient (Wildman–Crippen LogP) is 0.272. The standard InChI is InChI=1S/C13H22N2O3/c16-9-3-7-15(8-11-18)13-5-2-1-4-12(13)14-6-10-17/h1-2,4-5,14,16-18H,3,6-11H2. The third kappa shape index (κ3) is 4.52. The van der Waals surface area contributed by atoms with E-state index in [4.69, 9.17) is 15.3 Å². The van der Waals surface area contributed by atoms with E-state index in [-0.39, 0.29) is 19.8 Å². The predicted molar refractivity (Wildman–Crippen MR) is 73.0 cm³/mol. The molecule has 5 heteroatoms. The first-order valence-corrected chi connectivity index (χ1v) is 6.24. The van der Waals surface area contributed by atoms with Crippen molar-refractivity contribution in [3.8, 4) is 0 Å². The van der Waals surface area contributed by atoms with E-state index in [1.54, 1.807) is 0 Å². The lowest BCUT2D eigenvalue weighted by Crippen LogP contribution is -2.29. The molecule has 4 N–H and O–H groups in total. The SMILES string of the molecule is OCCCN(CCO)c1ccccc1NCCO. The lowest BCUT2D eigenvalue weighted by atomic mass is 10.2. The van der Waals surface area contributed by atoms with Crippen molar-refractivity contribution in [2.24, 2.45) is 0 Å². The Morgan fingerprint density at radius 1 is 0.944 bits per heavy atom. The van der Waals surface area contributed by atoms with Crippen LogP contribution in [-0.4, -0.2) is 54.8 Å². The summed E-state index contributed by atoms with van der Waals surface area (Å²) in [6.07, 6.45) is 0.661. The van der Waals surface area contributed by atoms with Gasteiger partial charge in [0.25, 0.3) is 0 Å². The Kier molecular flexibility index (Phi) is 7.17. The third-order valence-corrected chi connectivity index (χ3v) is 2.63. The zero-order valence-corrected chi connectivity index (χ0v) is 10.5. The van der Waals surface area contributed by atoms with Crippen molar-refractivity contribution in [1.82, 2.24) is 0 Å². The van der Waals surface area contributed by atoms with E-state index in [9.17, 15) is 0 Å². The van der Waals surface area contributed by atoms with Crippen molar-refractivity contribution in [3.05, 3.63) is 24.3 Å². The summed E-state index contributed by atoms with van der Waals surface area (Å²) in [5.41, 5.74) is 1.91. The summed E-state index contributed by atoms with van der Waals surface area (Å²) in [5.74, 6) is 0. The molecule has 0 aliphatic heterocycles. The molecule has 0 amide bonds. The van der Waals surface area contributed by atoms with Crippen molar-refractivity contribution in [3.63, 3.8) is 0 Å². The van der Waals surface area contributed by atoms with E-state index in [2.05, 4.69) is 5.32 Å². The van der Waals surface area contributed by atoms with Crippen molar-refractivity contribution >= 4 is 11.4 Å². The number of aliphatic hydroxyl groups excluding tert-OH is 3. The molecule has 0 bridgehead atoms. The molecule has 0 spiro atoms. The van der Waals surface area contributed by atoms with Gasteiger partial charge in [0.05, 0.1) is 24.6 Å². The summed E-state index contributed by atoms with van der Waals surface area (Å²) >= 11 is 0. The summed E-state index contributed by atoms with van der Waals surface area (Å²) < 4.78 is 0. The highest BCUT2D eigenvalue weighted by Gasteiger charge is 2.09. The van der Waals surface area contributed by atoms with E-state index >= 15 is 0 Å². The molecule has 0 unspecified atom stereocenters. The van der Waals surface area contributed by atoms with Gasteiger partial charge in [-0.15, -0.1) is 0 Å². The molecule has 0 aliphatic carbocycles. The molecule has 0 atom stereocenters. The van der Waals surface area contributed by atoms with Gasteiger partial charge in [-0.3, -0.25) is 0 Å². The average molecular weight is 254 g/mol. The maximum absolute atomic E-state index is 9.10. The first kappa shape index (κ1) is 14.8. The molecular weight excluding hydrogens is 232 g/mol.